The molecule has 0 amide bonds. The molecule has 2 fully saturated rings. The van der Waals surface area contributed by atoms with Crippen LogP contribution >= 0.6 is 0 Å². The molecule has 1 aliphatic carbocycles. The van der Waals surface area contributed by atoms with Crippen LogP contribution < -0.4 is 4.74 Å². The zero-order chi connectivity index (χ0) is 35.4. The Morgan fingerprint density at radius 1 is 0.755 bits per heavy atom. The molecule has 2 aromatic carbocycles. The van der Waals surface area contributed by atoms with Gasteiger partial charge >= 0.3 is 5.97 Å². The van der Waals surface area contributed by atoms with Crippen molar-refractivity contribution in [2.24, 2.45) is 5.41 Å². The number of aliphatic hydroxyl groups is 11. The van der Waals surface area contributed by atoms with E-state index in [1.165, 1.54) is 30.3 Å². The van der Waals surface area contributed by atoms with E-state index in [0.29, 0.717) is 0 Å². The molecule has 49 heavy (non-hydrogen) atoms. The predicted octanol–water partition coefficient (Wildman–Crippen LogP) is -3.39. The minimum atomic E-state index is -3.60. The molecule has 0 radical (unpaired) electrons. The lowest BCUT2D eigenvalue weighted by Gasteiger charge is -2.63. The average molecular weight is 691 g/mol. The fourth-order valence-corrected chi connectivity index (χ4v) is 7.87. The summed E-state index contributed by atoms with van der Waals surface area (Å²) in [5.74, 6) is -9.89. The summed E-state index contributed by atoms with van der Waals surface area (Å²) in [6.07, 6.45) is -18.4. The van der Waals surface area contributed by atoms with E-state index in [4.69, 9.17) is 18.9 Å². The maximum absolute atomic E-state index is 13.5. The maximum Gasteiger partial charge on any atom is 0.340 e. The van der Waals surface area contributed by atoms with Gasteiger partial charge in [-0.15, -0.1) is 0 Å². The number of allylic oxidation sites excluding steroid dienone is 1. The molecular weight excluding hydrogens is 656 g/mol. The highest BCUT2D eigenvalue weighted by atomic mass is 16.7. The zero-order valence-corrected chi connectivity index (χ0v) is 25.3. The van der Waals surface area contributed by atoms with Crippen molar-refractivity contribution in [3.05, 3.63) is 82.3 Å². The van der Waals surface area contributed by atoms with E-state index < -0.39 is 103 Å². The lowest BCUT2D eigenvalue weighted by molar-refractivity contribution is -0.465. The van der Waals surface area contributed by atoms with Crippen molar-refractivity contribution in [3.63, 3.8) is 0 Å². The Hall–Kier alpha value is -3.69. The molecule has 1 spiro atoms. The van der Waals surface area contributed by atoms with E-state index in [1.807, 2.05) is 0 Å². The quantitative estimate of drug-likeness (QED) is 0.139. The van der Waals surface area contributed by atoms with Gasteiger partial charge in [0.05, 0.1) is 18.8 Å². The first-order valence-corrected chi connectivity index (χ1v) is 15.2. The lowest BCUT2D eigenvalue weighted by Crippen LogP contribution is -2.81. The SMILES string of the molecule is O=C1OC2(C3=C(C=C(O)C([C@]4(O)O[C@H](CO)[C@H](O)[C@H](O)[C@H]4O)([C@]4(O)O[C@H](CO)[C@H](O)[C@H](O)[C@H]4O)C3)Oc3cc(O)ccc32)c2ccccc21. The normalized spacial score (nSPS) is 40.9. The van der Waals surface area contributed by atoms with Crippen LogP contribution in [0.5, 0.6) is 11.5 Å². The van der Waals surface area contributed by atoms with Gasteiger partial charge in [0.2, 0.25) is 11.6 Å². The number of aliphatic hydroxyl groups excluding tert-OH is 9. The number of aromatic hydroxyl groups is 1. The first-order valence-electron chi connectivity index (χ1n) is 15.2. The van der Waals surface area contributed by atoms with E-state index >= 15 is 0 Å². The third-order valence-electron chi connectivity index (χ3n) is 10.4. The minimum absolute atomic E-state index is 0.0535. The van der Waals surface area contributed by atoms with Gasteiger partial charge in [-0.3, -0.25) is 0 Å². The summed E-state index contributed by atoms with van der Waals surface area (Å²) in [5, 5.41) is 133. The molecule has 7 rings (SSSR count). The Kier molecular flexibility index (Phi) is 7.69. The van der Waals surface area contributed by atoms with Gasteiger partial charge in [-0.05, 0) is 18.2 Å². The summed E-state index contributed by atoms with van der Waals surface area (Å²) in [6, 6.07) is 9.88. The van der Waals surface area contributed by atoms with Gasteiger partial charge in [-0.25, -0.2) is 4.79 Å². The number of carbonyl (C=O) groups is 1. The van der Waals surface area contributed by atoms with Crippen LogP contribution in [0.4, 0.5) is 0 Å². The fraction of sp³-hybridized carbons (Fsp3) is 0.469. The Morgan fingerprint density at radius 2 is 1.33 bits per heavy atom. The van der Waals surface area contributed by atoms with Crippen molar-refractivity contribution >= 4 is 5.97 Å². The van der Waals surface area contributed by atoms with Crippen molar-refractivity contribution in [3.8, 4) is 11.5 Å². The largest absolute Gasteiger partial charge is 0.511 e. The summed E-state index contributed by atoms with van der Waals surface area (Å²) in [5.41, 5.74) is -5.21. The molecule has 264 valence electrons. The number of esters is 1. The summed E-state index contributed by atoms with van der Waals surface area (Å²) in [7, 11) is 0. The van der Waals surface area contributed by atoms with E-state index in [9.17, 15) is 66.1 Å². The Bertz CT molecular complexity index is 1710. The molecule has 12 N–H and O–H groups in total. The maximum atomic E-state index is 13.5. The van der Waals surface area contributed by atoms with Crippen molar-refractivity contribution in [1.29, 1.82) is 0 Å². The van der Waals surface area contributed by atoms with Gasteiger partial charge in [0.15, 0.2) is 5.60 Å². The molecule has 0 aromatic heterocycles. The van der Waals surface area contributed by atoms with Crippen molar-refractivity contribution in [2.75, 3.05) is 13.2 Å². The lowest BCUT2D eigenvalue weighted by atomic mass is 9.56. The number of hydrogen-bond acceptors (Lipinski definition) is 17. The summed E-state index contributed by atoms with van der Waals surface area (Å²) < 4.78 is 23.4. The molecule has 17 heteroatoms. The molecule has 0 saturated carbocycles. The number of carbonyl (C=O) groups excluding carboxylic acids is 1. The number of hydrogen-bond donors (Lipinski definition) is 12. The summed E-state index contributed by atoms with van der Waals surface area (Å²) >= 11 is 0. The van der Waals surface area contributed by atoms with Crippen LogP contribution in [-0.2, 0) is 19.8 Å². The van der Waals surface area contributed by atoms with Gasteiger partial charge in [0.25, 0.3) is 0 Å². The molecule has 11 atom stereocenters. The van der Waals surface area contributed by atoms with E-state index in [1.54, 1.807) is 12.1 Å². The number of phenols is 1. The van der Waals surface area contributed by atoms with Crippen LogP contribution in [-0.4, -0.2) is 141 Å². The molecule has 2 aromatic rings. The molecule has 1 unspecified atom stereocenters. The molecule has 2 saturated heterocycles. The molecular formula is C32H34O17. The molecule has 4 heterocycles. The smallest absolute Gasteiger partial charge is 0.340 e. The highest BCUT2D eigenvalue weighted by Crippen LogP contribution is 2.65. The van der Waals surface area contributed by atoms with Gasteiger partial charge in [-0.2, -0.15) is 0 Å². The first kappa shape index (κ1) is 33.8. The fourth-order valence-electron chi connectivity index (χ4n) is 7.87. The summed E-state index contributed by atoms with van der Waals surface area (Å²) in [6.45, 7) is -2.22. The molecule has 4 aliphatic heterocycles. The van der Waals surface area contributed by atoms with Crippen LogP contribution in [0.25, 0.3) is 0 Å². The molecule has 17 nitrogen and oxygen atoms in total. The third-order valence-corrected chi connectivity index (χ3v) is 10.4. The topological polar surface area (TPSA) is 297 Å². The molecule has 0 bridgehead atoms. The highest BCUT2D eigenvalue weighted by molar-refractivity contribution is 5.96. The number of benzene rings is 2. The number of fused-ring (bicyclic) bond motifs is 5. The van der Waals surface area contributed by atoms with Crippen LogP contribution in [0.1, 0.15) is 27.9 Å². The second-order valence-corrected chi connectivity index (χ2v) is 12.8. The van der Waals surface area contributed by atoms with Gasteiger partial charge in [0.1, 0.15) is 77.3 Å². The zero-order valence-electron chi connectivity index (χ0n) is 25.3. The van der Waals surface area contributed by atoms with Crippen molar-refractivity contribution < 1.29 is 85.0 Å². The minimum Gasteiger partial charge on any atom is -0.511 e. The summed E-state index contributed by atoms with van der Waals surface area (Å²) in [4.78, 5) is 13.5. The predicted molar refractivity (Wildman–Crippen MR) is 156 cm³/mol. The third kappa shape index (κ3) is 4.15. The second kappa shape index (κ2) is 11.2. The van der Waals surface area contributed by atoms with Gasteiger partial charge in [-0.1, -0.05) is 18.2 Å². The van der Waals surface area contributed by atoms with Crippen LogP contribution in [0.2, 0.25) is 0 Å². The number of rotatable bonds is 4. The van der Waals surface area contributed by atoms with Crippen LogP contribution in [0.15, 0.2) is 65.6 Å². The van der Waals surface area contributed by atoms with Crippen LogP contribution in [0, 0.1) is 5.41 Å². The van der Waals surface area contributed by atoms with Crippen molar-refractivity contribution in [1.82, 2.24) is 0 Å². The average Bonchev–Trinajstić information content (AvgIpc) is 3.38. The highest BCUT2D eigenvalue weighted by Gasteiger charge is 2.79. The first-order chi connectivity index (χ1) is 23.1. The van der Waals surface area contributed by atoms with E-state index in [0.717, 1.165) is 6.08 Å². The standard InChI is InChI=1S/C32H34O17/c33-10-19-22(37)24(39)26(41)31(44,47-19)29(32(45)27(42)25(40)23(38)20(11-34)48-32)9-16-18(8-21(29)36)46-17-7-12(35)5-6-15(17)30(16)14-4-2-1-3-13(14)28(43)49-30/h1-8,19-20,22-27,33-42,44-45H,9-11H2/t19-,20-,22+,23+,24+,25+,26-,27-,30?,31-,32-/m1/s1. The van der Waals surface area contributed by atoms with Crippen LogP contribution in [0.3, 0.4) is 0 Å². The number of ether oxygens (including phenoxy) is 4. The Morgan fingerprint density at radius 3 is 1.90 bits per heavy atom. The van der Waals surface area contributed by atoms with Crippen molar-refractivity contribution in [2.45, 2.75) is 72.4 Å². The van der Waals surface area contributed by atoms with Gasteiger partial charge in [0, 0.05) is 35.3 Å². The second-order valence-electron chi connectivity index (χ2n) is 12.8. The monoisotopic (exact) mass is 690 g/mol. The molecule has 5 aliphatic rings. The number of phenolic OH excluding ortho intramolecular Hbond substituents is 1. The van der Waals surface area contributed by atoms with E-state index in [-0.39, 0.29) is 39.5 Å². The van der Waals surface area contributed by atoms with E-state index in [2.05, 4.69) is 0 Å². The van der Waals surface area contributed by atoms with Gasteiger partial charge < -0.3 is 80.2 Å². The Balaban J connectivity index is 1.54. The Labute approximate surface area is 276 Å².